The van der Waals surface area contributed by atoms with Crippen LogP contribution in [0.2, 0.25) is 0 Å². The van der Waals surface area contributed by atoms with E-state index in [4.69, 9.17) is 5.73 Å². The zero-order valence-corrected chi connectivity index (χ0v) is 11.6. The largest absolute Gasteiger partial charge is 0.397 e. The molecule has 0 aromatic heterocycles. The van der Waals surface area contributed by atoms with Gasteiger partial charge in [-0.1, -0.05) is 6.92 Å². The van der Waals surface area contributed by atoms with E-state index < -0.39 is 10.0 Å². The number of sulfonamides is 1. The number of anilines is 2. The summed E-state index contributed by atoms with van der Waals surface area (Å²) in [5.41, 5.74) is 6.92. The van der Waals surface area contributed by atoms with E-state index in [2.05, 4.69) is 10.0 Å². The molecule has 19 heavy (non-hydrogen) atoms. The number of nitrogens with two attached hydrogens (primary N) is 1. The minimum atomic E-state index is -3.48. The molecule has 0 spiro atoms. The Morgan fingerprint density at radius 3 is 2.68 bits per heavy atom. The SMILES string of the molecule is CCNS(=O)(=O)c1ccc(N)c(NC2CC(O)C2)c1. The topological polar surface area (TPSA) is 104 Å². The van der Waals surface area contributed by atoms with Gasteiger partial charge in [0.1, 0.15) is 0 Å². The molecular weight excluding hydrogens is 266 g/mol. The Hall–Kier alpha value is -1.31. The first-order valence-corrected chi connectivity index (χ1v) is 7.74. The number of aliphatic hydroxyl groups excluding tert-OH is 1. The van der Waals surface area contributed by atoms with Gasteiger partial charge in [0.25, 0.3) is 0 Å². The average molecular weight is 285 g/mol. The van der Waals surface area contributed by atoms with Crippen molar-refractivity contribution in [1.29, 1.82) is 0 Å². The third-order valence-corrected chi connectivity index (χ3v) is 4.69. The van der Waals surface area contributed by atoms with Crippen LogP contribution in [-0.4, -0.2) is 32.2 Å². The van der Waals surface area contributed by atoms with Crippen molar-refractivity contribution in [3.05, 3.63) is 18.2 Å². The molecule has 1 aliphatic carbocycles. The number of benzene rings is 1. The zero-order chi connectivity index (χ0) is 14.0. The molecule has 5 N–H and O–H groups in total. The van der Waals surface area contributed by atoms with Crippen molar-refractivity contribution in [2.75, 3.05) is 17.6 Å². The van der Waals surface area contributed by atoms with Crippen LogP contribution in [0.3, 0.4) is 0 Å². The third-order valence-electron chi connectivity index (χ3n) is 3.14. The first-order valence-electron chi connectivity index (χ1n) is 6.26. The number of hydrogen-bond donors (Lipinski definition) is 4. The minimum absolute atomic E-state index is 0.148. The highest BCUT2D eigenvalue weighted by Gasteiger charge is 2.27. The highest BCUT2D eigenvalue weighted by atomic mass is 32.2. The van der Waals surface area contributed by atoms with E-state index in [1.54, 1.807) is 13.0 Å². The van der Waals surface area contributed by atoms with Crippen LogP contribution in [0.15, 0.2) is 23.1 Å². The molecule has 0 amide bonds. The average Bonchev–Trinajstić information content (AvgIpc) is 2.29. The first-order chi connectivity index (χ1) is 8.92. The molecule has 0 unspecified atom stereocenters. The standard InChI is InChI=1S/C12H19N3O3S/c1-2-14-19(17,18)10-3-4-11(13)12(7-10)15-8-5-9(16)6-8/h3-4,7-9,14-16H,2,5-6,13H2,1H3. The molecule has 0 radical (unpaired) electrons. The molecular formula is C12H19N3O3S. The summed E-state index contributed by atoms with van der Waals surface area (Å²) < 4.78 is 26.2. The fourth-order valence-electron chi connectivity index (χ4n) is 2.03. The van der Waals surface area contributed by atoms with Crippen LogP contribution < -0.4 is 15.8 Å². The Morgan fingerprint density at radius 1 is 1.42 bits per heavy atom. The Morgan fingerprint density at radius 2 is 2.11 bits per heavy atom. The summed E-state index contributed by atoms with van der Waals surface area (Å²) in [6.45, 7) is 2.06. The molecule has 7 heteroatoms. The second-order valence-corrected chi connectivity index (χ2v) is 6.48. The van der Waals surface area contributed by atoms with Crippen molar-refractivity contribution < 1.29 is 13.5 Å². The summed E-state index contributed by atoms with van der Waals surface area (Å²) in [6, 6.07) is 4.72. The van der Waals surface area contributed by atoms with E-state index in [1.165, 1.54) is 12.1 Å². The summed E-state index contributed by atoms with van der Waals surface area (Å²) in [5.74, 6) is 0. The molecule has 0 heterocycles. The number of nitrogen functional groups attached to an aromatic ring is 1. The molecule has 1 saturated carbocycles. The van der Waals surface area contributed by atoms with Gasteiger partial charge in [-0.2, -0.15) is 0 Å². The first kappa shape index (κ1) is 14.1. The van der Waals surface area contributed by atoms with Crippen LogP contribution in [0.5, 0.6) is 0 Å². The molecule has 106 valence electrons. The van der Waals surface area contributed by atoms with Gasteiger partial charge in [-0.3, -0.25) is 0 Å². The molecule has 1 aromatic rings. The summed E-state index contributed by atoms with van der Waals surface area (Å²) in [4.78, 5) is 0.186. The van der Waals surface area contributed by atoms with Crippen molar-refractivity contribution in [3.63, 3.8) is 0 Å². The van der Waals surface area contributed by atoms with E-state index in [0.717, 1.165) is 0 Å². The number of nitrogens with one attached hydrogen (secondary N) is 2. The quantitative estimate of drug-likeness (QED) is 0.590. The summed E-state index contributed by atoms with van der Waals surface area (Å²) >= 11 is 0. The normalized spacial score (nSPS) is 22.8. The van der Waals surface area contributed by atoms with E-state index in [1.807, 2.05) is 0 Å². The van der Waals surface area contributed by atoms with Crippen LogP contribution in [0.4, 0.5) is 11.4 Å². The molecule has 0 atom stereocenters. The van der Waals surface area contributed by atoms with Crippen molar-refractivity contribution in [3.8, 4) is 0 Å². The highest BCUT2D eigenvalue weighted by Crippen LogP contribution is 2.28. The van der Waals surface area contributed by atoms with Gasteiger partial charge in [0.15, 0.2) is 0 Å². The maximum atomic E-state index is 11.9. The Kier molecular flexibility index (Phi) is 3.98. The van der Waals surface area contributed by atoms with Gasteiger partial charge in [0, 0.05) is 12.6 Å². The van der Waals surface area contributed by atoms with Crippen LogP contribution in [-0.2, 0) is 10.0 Å². The molecule has 0 bridgehead atoms. The van der Waals surface area contributed by atoms with Gasteiger partial charge in [-0.15, -0.1) is 0 Å². The van der Waals surface area contributed by atoms with Gasteiger partial charge in [-0.25, -0.2) is 13.1 Å². The molecule has 0 saturated heterocycles. The molecule has 0 aliphatic heterocycles. The lowest BCUT2D eigenvalue weighted by Crippen LogP contribution is -2.39. The highest BCUT2D eigenvalue weighted by molar-refractivity contribution is 7.89. The summed E-state index contributed by atoms with van der Waals surface area (Å²) in [6.07, 6.45) is 1.04. The molecule has 6 nitrogen and oxygen atoms in total. The summed E-state index contributed by atoms with van der Waals surface area (Å²) in [5, 5.41) is 12.4. The molecule has 1 fully saturated rings. The monoisotopic (exact) mass is 285 g/mol. The molecule has 1 aromatic carbocycles. The van der Waals surface area contributed by atoms with Gasteiger partial charge in [0.05, 0.1) is 22.4 Å². The lowest BCUT2D eigenvalue weighted by molar-refractivity contribution is 0.0837. The zero-order valence-electron chi connectivity index (χ0n) is 10.8. The Balaban J connectivity index is 2.20. The molecule has 1 aliphatic rings. The summed E-state index contributed by atoms with van der Waals surface area (Å²) in [7, 11) is -3.48. The van der Waals surface area contributed by atoms with Crippen molar-refractivity contribution in [1.82, 2.24) is 4.72 Å². The van der Waals surface area contributed by atoms with Crippen LogP contribution in [0.25, 0.3) is 0 Å². The van der Waals surface area contributed by atoms with Crippen molar-refractivity contribution >= 4 is 21.4 Å². The van der Waals surface area contributed by atoms with E-state index in [9.17, 15) is 13.5 Å². The van der Waals surface area contributed by atoms with Crippen LogP contribution >= 0.6 is 0 Å². The van der Waals surface area contributed by atoms with Gasteiger partial charge < -0.3 is 16.2 Å². The number of rotatable bonds is 5. The Bertz CT molecular complexity index is 553. The number of aliphatic hydroxyl groups is 1. The van der Waals surface area contributed by atoms with E-state index in [0.29, 0.717) is 30.8 Å². The van der Waals surface area contributed by atoms with E-state index >= 15 is 0 Å². The van der Waals surface area contributed by atoms with Crippen molar-refractivity contribution in [2.45, 2.75) is 36.8 Å². The maximum Gasteiger partial charge on any atom is 0.240 e. The molecule has 2 rings (SSSR count). The maximum absolute atomic E-state index is 11.9. The predicted octanol–water partition coefficient (Wildman–Crippen LogP) is 0.502. The predicted molar refractivity (Wildman–Crippen MR) is 74.4 cm³/mol. The second-order valence-electron chi connectivity index (χ2n) is 4.72. The third kappa shape index (κ3) is 3.17. The second kappa shape index (κ2) is 5.36. The van der Waals surface area contributed by atoms with Crippen molar-refractivity contribution in [2.24, 2.45) is 0 Å². The number of hydrogen-bond acceptors (Lipinski definition) is 5. The van der Waals surface area contributed by atoms with Gasteiger partial charge >= 0.3 is 0 Å². The lowest BCUT2D eigenvalue weighted by atomic mass is 9.89. The van der Waals surface area contributed by atoms with Crippen LogP contribution in [0.1, 0.15) is 19.8 Å². The Labute approximate surface area is 113 Å². The minimum Gasteiger partial charge on any atom is -0.397 e. The van der Waals surface area contributed by atoms with Gasteiger partial charge in [0.2, 0.25) is 10.0 Å². The van der Waals surface area contributed by atoms with Gasteiger partial charge in [-0.05, 0) is 31.0 Å². The smallest absolute Gasteiger partial charge is 0.240 e. The lowest BCUT2D eigenvalue weighted by Gasteiger charge is -2.33. The fraction of sp³-hybridized carbons (Fsp3) is 0.500. The van der Waals surface area contributed by atoms with E-state index in [-0.39, 0.29) is 17.0 Å². The fourth-order valence-corrected chi connectivity index (χ4v) is 3.09. The van der Waals surface area contributed by atoms with Crippen LogP contribution in [0, 0.1) is 0 Å².